The van der Waals surface area contributed by atoms with Crippen LogP contribution in [0, 0.1) is 42.5 Å². The molecule has 0 radical (unpaired) electrons. The van der Waals surface area contributed by atoms with E-state index in [9.17, 15) is 0 Å². The molecule has 50 heavy (non-hydrogen) atoms. The van der Waals surface area contributed by atoms with E-state index >= 15 is 0 Å². The predicted octanol–water partition coefficient (Wildman–Crippen LogP) is 10.2. The third kappa shape index (κ3) is 5.16. The zero-order valence-electron chi connectivity index (χ0n) is 28.6. The zero-order chi connectivity index (χ0) is 32.9. The minimum atomic E-state index is 0. The van der Waals surface area contributed by atoms with Gasteiger partial charge in [-0.05, 0) is 102 Å². The summed E-state index contributed by atoms with van der Waals surface area (Å²) in [5, 5.41) is 2.28. The topological polar surface area (TPSA) is 46.4 Å². The Morgan fingerprint density at radius 3 is 2.34 bits per heavy atom. The van der Waals surface area contributed by atoms with Gasteiger partial charge in [0.15, 0.2) is 0 Å². The Morgan fingerprint density at radius 2 is 1.54 bits per heavy atom. The van der Waals surface area contributed by atoms with Crippen LogP contribution in [-0.4, -0.2) is 20.6 Å². The van der Waals surface area contributed by atoms with Crippen molar-refractivity contribution in [2.45, 2.75) is 64.3 Å². The molecule has 4 saturated carbocycles. The molecule has 3 aromatic heterocycles. The molecule has 4 aliphatic carbocycles. The van der Waals surface area contributed by atoms with Crippen LogP contribution in [0.5, 0.6) is 11.5 Å². The fourth-order valence-corrected chi connectivity index (χ4v) is 9.71. The summed E-state index contributed by atoms with van der Waals surface area (Å²) in [6, 6.07) is 35.0. The van der Waals surface area contributed by atoms with Gasteiger partial charge in [-0.3, -0.25) is 0 Å². The normalized spacial score (nSPS) is 23.8. The first-order valence-corrected chi connectivity index (χ1v) is 17.9. The largest absolute Gasteiger partial charge is 0.509 e. The molecule has 0 unspecified atom stereocenters. The number of anilines is 3. The molecule has 1 aliphatic heterocycles. The molecule has 0 spiro atoms. The van der Waals surface area contributed by atoms with Crippen molar-refractivity contribution in [2.75, 3.05) is 9.80 Å². The number of rotatable bonds is 5. The maximum absolute atomic E-state index is 6.55. The summed E-state index contributed by atoms with van der Waals surface area (Å²) >= 11 is 0. The summed E-state index contributed by atoms with van der Waals surface area (Å²) in [6.07, 6.45) is 10.8. The summed E-state index contributed by atoms with van der Waals surface area (Å²) in [4.78, 5) is 14.5. The van der Waals surface area contributed by atoms with Crippen molar-refractivity contribution in [3.8, 4) is 17.3 Å². The van der Waals surface area contributed by atoms with Crippen molar-refractivity contribution < 1.29 is 25.8 Å². The van der Waals surface area contributed by atoms with Crippen LogP contribution in [-0.2, 0) is 26.5 Å². The van der Waals surface area contributed by atoms with Gasteiger partial charge in [0.25, 0.3) is 0 Å². The van der Waals surface area contributed by atoms with Crippen LogP contribution in [0.3, 0.4) is 0 Å². The molecule has 6 aromatic rings. The number of benzene rings is 3. The van der Waals surface area contributed by atoms with E-state index in [4.69, 9.17) is 14.7 Å². The van der Waals surface area contributed by atoms with E-state index in [-0.39, 0.29) is 26.5 Å². The number of pyridine rings is 2. The Labute approximate surface area is 308 Å². The van der Waals surface area contributed by atoms with Crippen molar-refractivity contribution in [2.24, 2.45) is 23.7 Å². The molecular weight excluding hydrogens is 798 g/mol. The van der Waals surface area contributed by atoms with Gasteiger partial charge < -0.3 is 19.1 Å². The van der Waals surface area contributed by atoms with Gasteiger partial charge in [0.2, 0.25) is 0 Å². The van der Waals surface area contributed by atoms with Gasteiger partial charge in [-0.15, -0.1) is 48.1 Å². The second-order valence-corrected chi connectivity index (χ2v) is 15.8. The van der Waals surface area contributed by atoms with E-state index in [2.05, 4.69) is 109 Å². The fraction of sp³-hybridized carbons (Fsp3) is 0.326. The number of para-hydroxylation sites is 1. The summed E-state index contributed by atoms with van der Waals surface area (Å²) < 4.78 is 8.75. The fourth-order valence-electron chi connectivity index (χ4n) is 9.71. The van der Waals surface area contributed by atoms with Crippen LogP contribution in [0.2, 0.25) is 0 Å². The average Bonchev–Trinajstić information content (AvgIpc) is 3.64. The molecule has 4 fully saturated rings. The number of fused-ring (bicyclic) bond motifs is 4. The van der Waals surface area contributed by atoms with Crippen molar-refractivity contribution in [3.63, 3.8) is 0 Å². The first-order chi connectivity index (χ1) is 23.9. The smallest absolute Gasteiger partial charge is 0.135 e. The third-order valence-electron chi connectivity index (χ3n) is 11.6. The quantitative estimate of drug-likeness (QED) is 0.162. The Kier molecular flexibility index (Phi) is 7.62. The molecule has 4 bridgehead atoms. The SMILES string of the molecule is CC(C)(C)c1ccnc(-n2c3[c-]c(Oc4[c-]c(N5[CH-]N(C6C7CC8CC(C7)CC6C8)c6ncccc65)ccc4)ccc3c3ccccc32)c1.[Pt]. The maximum atomic E-state index is 6.55. The second kappa shape index (κ2) is 12.0. The summed E-state index contributed by atoms with van der Waals surface area (Å²) in [7, 11) is 0. The summed E-state index contributed by atoms with van der Waals surface area (Å²) in [5.41, 5.74) is 5.32. The first kappa shape index (κ1) is 31.8. The summed E-state index contributed by atoms with van der Waals surface area (Å²) in [6.45, 7) is 8.98. The van der Waals surface area contributed by atoms with E-state index in [1.807, 2.05) is 36.7 Å². The van der Waals surface area contributed by atoms with Crippen molar-refractivity contribution in [1.29, 1.82) is 0 Å². The molecular formula is C43H40N5OPt-3. The Hall–Kier alpha value is -4.15. The van der Waals surface area contributed by atoms with Crippen LogP contribution in [0.4, 0.5) is 17.2 Å². The molecule has 3 aromatic carbocycles. The number of hydrogen-bond acceptors (Lipinski definition) is 5. The number of aromatic nitrogens is 3. The molecule has 5 aliphatic rings. The van der Waals surface area contributed by atoms with Crippen LogP contribution in [0.1, 0.15) is 58.4 Å². The van der Waals surface area contributed by atoms with Gasteiger partial charge >= 0.3 is 0 Å². The number of ether oxygens (including phenoxy) is 1. The minimum Gasteiger partial charge on any atom is -0.509 e. The minimum absolute atomic E-state index is 0. The van der Waals surface area contributed by atoms with E-state index in [1.165, 1.54) is 37.7 Å². The van der Waals surface area contributed by atoms with Crippen LogP contribution in [0.25, 0.3) is 27.6 Å². The molecule has 0 atom stereocenters. The predicted molar refractivity (Wildman–Crippen MR) is 195 cm³/mol. The van der Waals surface area contributed by atoms with Gasteiger partial charge in [0.05, 0.1) is 5.69 Å². The Bertz CT molecular complexity index is 2210. The van der Waals surface area contributed by atoms with Gasteiger partial charge in [0.1, 0.15) is 11.6 Å². The molecule has 4 heterocycles. The van der Waals surface area contributed by atoms with Crippen LogP contribution in [0.15, 0.2) is 91.3 Å². The zero-order valence-corrected chi connectivity index (χ0v) is 30.9. The second-order valence-electron chi connectivity index (χ2n) is 15.8. The van der Waals surface area contributed by atoms with E-state index in [1.54, 1.807) is 0 Å². The molecule has 11 rings (SSSR count). The Morgan fingerprint density at radius 1 is 0.760 bits per heavy atom. The van der Waals surface area contributed by atoms with Gasteiger partial charge in [-0.1, -0.05) is 44.5 Å². The third-order valence-corrected chi connectivity index (χ3v) is 11.6. The van der Waals surface area contributed by atoms with E-state index in [0.717, 1.165) is 68.5 Å². The Balaban J connectivity index is 0.00000336. The van der Waals surface area contributed by atoms with Gasteiger partial charge in [0, 0.05) is 56.5 Å². The molecule has 0 amide bonds. The van der Waals surface area contributed by atoms with E-state index < -0.39 is 0 Å². The van der Waals surface area contributed by atoms with E-state index in [0.29, 0.717) is 17.5 Å². The number of nitrogens with zero attached hydrogens (tertiary/aromatic N) is 5. The van der Waals surface area contributed by atoms with Crippen LogP contribution >= 0.6 is 0 Å². The van der Waals surface area contributed by atoms with Gasteiger partial charge in [-0.2, -0.15) is 12.1 Å². The maximum Gasteiger partial charge on any atom is 0.135 e. The molecule has 0 saturated heterocycles. The molecule has 7 heteroatoms. The van der Waals surface area contributed by atoms with Crippen molar-refractivity contribution in [1.82, 2.24) is 14.5 Å². The number of hydrogen-bond donors (Lipinski definition) is 0. The standard InChI is InChI=1S/C43H40N5O.Pt/c1-43(2,3)31-15-17-44-40(23-31)48-37-11-5-4-10-35(37)36-14-13-34(25-39(36)48)49-33-9-6-8-32(24-33)46-26-47(42-38(46)12-7-16-45-42)41-29-19-27-18-28(21-29)22-30(41)20-27;/h4-17,23,26-30,41H,18-22H2,1-3H3;/q-3;. The van der Waals surface area contributed by atoms with Crippen molar-refractivity contribution in [3.05, 3.63) is 116 Å². The first-order valence-electron chi connectivity index (χ1n) is 17.9. The van der Waals surface area contributed by atoms with Gasteiger partial charge in [-0.25, -0.2) is 9.97 Å². The monoisotopic (exact) mass is 837 g/mol. The molecule has 0 N–H and O–H groups in total. The van der Waals surface area contributed by atoms with Crippen LogP contribution < -0.4 is 14.5 Å². The average molecular weight is 838 g/mol. The molecule has 256 valence electrons. The van der Waals surface area contributed by atoms with Crippen molar-refractivity contribution >= 4 is 39.0 Å². The molecule has 6 nitrogen and oxygen atoms in total. The summed E-state index contributed by atoms with van der Waals surface area (Å²) in [5.74, 6) is 6.61.